The molecular formula is C20H25NO4. The molecule has 2 aliphatic rings. The van der Waals surface area contributed by atoms with Crippen molar-refractivity contribution in [3.05, 3.63) is 35.4 Å². The second kappa shape index (κ2) is 8.19. The fourth-order valence-electron chi connectivity index (χ4n) is 3.27. The summed E-state index contributed by atoms with van der Waals surface area (Å²) >= 11 is 0. The minimum atomic E-state index is -0.811. The Morgan fingerprint density at radius 1 is 1.16 bits per heavy atom. The predicted octanol–water partition coefficient (Wildman–Crippen LogP) is 3.23. The largest absolute Gasteiger partial charge is 0.488 e. The maximum absolute atomic E-state index is 12.3. The van der Waals surface area contributed by atoms with Gasteiger partial charge in [-0.1, -0.05) is 43.9 Å². The first-order valence-electron chi connectivity index (χ1n) is 9.07. The molecule has 0 radical (unpaired) electrons. The van der Waals surface area contributed by atoms with E-state index in [0.717, 1.165) is 37.0 Å². The Balaban J connectivity index is 1.55. The highest BCUT2D eigenvalue weighted by molar-refractivity contribution is 5.96. The van der Waals surface area contributed by atoms with Gasteiger partial charge in [0.05, 0.1) is 5.57 Å². The van der Waals surface area contributed by atoms with Crippen molar-refractivity contribution >= 4 is 18.0 Å². The van der Waals surface area contributed by atoms with Crippen LogP contribution in [0.5, 0.6) is 5.75 Å². The van der Waals surface area contributed by atoms with Crippen molar-refractivity contribution in [1.82, 2.24) is 5.32 Å². The Morgan fingerprint density at radius 3 is 2.64 bits per heavy atom. The van der Waals surface area contributed by atoms with E-state index in [-0.39, 0.29) is 18.6 Å². The number of rotatable bonds is 4. The molecule has 1 saturated carbocycles. The zero-order chi connectivity index (χ0) is 17.6. The third-order valence-corrected chi connectivity index (χ3v) is 4.75. The first-order valence-corrected chi connectivity index (χ1v) is 9.07. The van der Waals surface area contributed by atoms with Gasteiger partial charge in [-0.25, -0.2) is 4.79 Å². The summed E-state index contributed by atoms with van der Waals surface area (Å²) in [6.45, 7) is 1.77. The quantitative estimate of drug-likeness (QED) is 0.673. The maximum Gasteiger partial charge on any atom is 0.338 e. The summed E-state index contributed by atoms with van der Waals surface area (Å²) in [6.07, 6.45) is 7.69. The van der Waals surface area contributed by atoms with Gasteiger partial charge in [-0.3, -0.25) is 4.79 Å². The van der Waals surface area contributed by atoms with E-state index < -0.39 is 12.1 Å². The van der Waals surface area contributed by atoms with Crippen LogP contribution in [-0.4, -0.2) is 30.6 Å². The number of hydrogen-bond acceptors (Lipinski definition) is 4. The van der Waals surface area contributed by atoms with Gasteiger partial charge in [0.2, 0.25) is 0 Å². The molecule has 5 nitrogen and oxygen atoms in total. The van der Waals surface area contributed by atoms with E-state index >= 15 is 0 Å². The van der Waals surface area contributed by atoms with Crippen LogP contribution in [0.4, 0.5) is 0 Å². The molecule has 134 valence electrons. The van der Waals surface area contributed by atoms with Crippen LogP contribution in [0.15, 0.2) is 29.8 Å². The fraction of sp³-hybridized carbons (Fsp3) is 0.500. The number of carbonyl (C=O) groups is 2. The van der Waals surface area contributed by atoms with E-state index in [1.807, 2.05) is 24.3 Å². The number of para-hydroxylation sites is 1. The minimum Gasteiger partial charge on any atom is -0.488 e. The lowest BCUT2D eigenvalue weighted by molar-refractivity contribution is -0.151. The van der Waals surface area contributed by atoms with E-state index in [2.05, 4.69) is 5.32 Å². The molecule has 1 heterocycles. The normalized spacial score (nSPS) is 18.8. The van der Waals surface area contributed by atoms with Crippen molar-refractivity contribution in [2.75, 3.05) is 6.61 Å². The molecular weight excluding hydrogens is 318 g/mol. The van der Waals surface area contributed by atoms with Gasteiger partial charge in [-0.15, -0.1) is 0 Å². The summed E-state index contributed by atoms with van der Waals surface area (Å²) in [4.78, 5) is 24.6. The van der Waals surface area contributed by atoms with E-state index in [4.69, 9.17) is 9.47 Å². The number of carbonyl (C=O) groups excluding carboxylic acids is 2. The average Bonchev–Trinajstić information content (AvgIpc) is 2.89. The van der Waals surface area contributed by atoms with Crippen LogP contribution in [0.25, 0.3) is 6.08 Å². The summed E-state index contributed by atoms with van der Waals surface area (Å²) in [6, 6.07) is 7.70. The lowest BCUT2D eigenvalue weighted by atomic mass is 10.1. The van der Waals surface area contributed by atoms with Crippen molar-refractivity contribution in [3.8, 4) is 5.75 Å². The zero-order valence-corrected chi connectivity index (χ0v) is 14.6. The topological polar surface area (TPSA) is 64.6 Å². The number of amides is 1. The second-order valence-corrected chi connectivity index (χ2v) is 6.74. The average molecular weight is 343 g/mol. The van der Waals surface area contributed by atoms with Gasteiger partial charge in [-0.2, -0.15) is 0 Å². The molecule has 0 bridgehead atoms. The van der Waals surface area contributed by atoms with E-state index in [9.17, 15) is 9.59 Å². The summed E-state index contributed by atoms with van der Waals surface area (Å²) in [7, 11) is 0. The summed E-state index contributed by atoms with van der Waals surface area (Å²) in [5, 5.41) is 3.02. The second-order valence-electron chi connectivity index (χ2n) is 6.74. The number of fused-ring (bicyclic) bond motifs is 1. The molecule has 1 atom stereocenters. The molecule has 0 saturated heterocycles. The lowest BCUT2D eigenvalue weighted by Gasteiger charge is -2.21. The molecule has 1 aliphatic carbocycles. The van der Waals surface area contributed by atoms with Gasteiger partial charge in [0.15, 0.2) is 6.10 Å². The van der Waals surface area contributed by atoms with Gasteiger partial charge < -0.3 is 14.8 Å². The molecule has 1 aliphatic heterocycles. The van der Waals surface area contributed by atoms with Crippen LogP contribution in [0.3, 0.4) is 0 Å². The smallest absolute Gasteiger partial charge is 0.338 e. The predicted molar refractivity (Wildman–Crippen MR) is 95.1 cm³/mol. The molecule has 1 amide bonds. The summed E-state index contributed by atoms with van der Waals surface area (Å²) < 4.78 is 10.9. The number of benzene rings is 1. The lowest BCUT2D eigenvalue weighted by Crippen LogP contribution is -2.42. The maximum atomic E-state index is 12.3. The highest BCUT2D eigenvalue weighted by Crippen LogP contribution is 2.26. The molecule has 5 heteroatoms. The monoisotopic (exact) mass is 343 g/mol. The third-order valence-electron chi connectivity index (χ3n) is 4.75. The van der Waals surface area contributed by atoms with E-state index in [0.29, 0.717) is 5.57 Å². The highest BCUT2D eigenvalue weighted by Gasteiger charge is 2.25. The number of esters is 1. The Morgan fingerprint density at radius 2 is 1.88 bits per heavy atom. The molecule has 25 heavy (non-hydrogen) atoms. The first kappa shape index (κ1) is 17.5. The Kier molecular flexibility index (Phi) is 5.74. The number of hydrogen-bond donors (Lipinski definition) is 1. The van der Waals surface area contributed by atoms with Crippen molar-refractivity contribution < 1.29 is 19.1 Å². The van der Waals surface area contributed by atoms with Crippen LogP contribution >= 0.6 is 0 Å². The zero-order valence-electron chi connectivity index (χ0n) is 14.6. The third kappa shape index (κ3) is 4.62. The molecule has 1 fully saturated rings. The van der Waals surface area contributed by atoms with Crippen LogP contribution in [0.1, 0.15) is 51.0 Å². The first-order chi connectivity index (χ1) is 12.1. The number of ether oxygens (including phenoxy) is 2. The molecule has 1 aromatic rings. The van der Waals surface area contributed by atoms with Crippen molar-refractivity contribution in [3.63, 3.8) is 0 Å². The Bertz CT molecular complexity index is 659. The molecule has 1 unspecified atom stereocenters. The number of nitrogens with one attached hydrogen (secondary N) is 1. The molecule has 0 spiro atoms. The van der Waals surface area contributed by atoms with Crippen LogP contribution in [0, 0.1) is 0 Å². The molecule has 1 aromatic carbocycles. The summed E-state index contributed by atoms with van der Waals surface area (Å²) in [5.41, 5.74) is 1.27. The summed E-state index contributed by atoms with van der Waals surface area (Å²) in [5.74, 6) is 0.0224. The fourth-order valence-corrected chi connectivity index (χ4v) is 3.27. The Hall–Kier alpha value is -2.30. The van der Waals surface area contributed by atoms with E-state index in [1.54, 1.807) is 13.0 Å². The van der Waals surface area contributed by atoms with Gasteiger partial charge in [0, 0.05) is 11.6 Å². The Labute approximate surface area is 148 Å². The minimum absolute atomic E-state index is 0.160. The van der Waals surface area contributed by atoms with Crippen molar-refractivity contribution in [2.24, 2.45) is 0 Å². The highest BCUT2D eigenvalue weighted by atomic mass is 16.6. The molecule has 3 rings (SSSR count). The molecule has 0 aromatic heterocycles. The van der Waals surface area contributed by atoms with Crippen LogP contribution < -0.4 is 10.1 Å². The standard InChI is InChI=1S/C20H25NO4/c1-14(19(22)21-17-9-4-2-3-5-10-17)25-20(23)16-12-15-8-6-7-11-18(15)24-13-16/h6-8,11-12,14,17H,2-5,9-10,13H2,1H3,(H,21,22). The van der Waals surface area contributed by atoms with Gasteiger partial charge >= 0.3 is 5.97 Å². The van der Waals surface area contributed by atoms with Crippen LogP contribution in [0.2, 0.25) is 0 Å². The van der Waals surface area contributed by atoms with Gasteiger partial charge in [0.1, 0.15) is 12.4 Å². The van der Waals surface area contributed by atoms with Gasteiger partial charge in [0.25, 0.3) is 5.91 Å². The molecule has 1 N–H and O–H groups in total. The van der Waals surface area contributed by atoms with E-state index in [1.165, 1.54) is 12.8 Å². The van der Waals surface area contributed by atoms with Gasteiger partial charge in [-0.05, 0) is 31.9 Å². The van der Waals surface area contributed by atoms with Crippen molar-refractivity contribution in [2.45, 2.75) is 57.6 Å². The SMILES string of the molecule is CC(OC(=O)C1=Cc2ccccc2OC1)C(=O)NC1CCCCCC1. The van der Waals surface area contributed by atoms with Crippen LogP contribution in [-0.2, 0) is 14.3 Å². The van der Waals surface area contributed by atoms with Crippen molar-refractivity contribution in [1.29, 1.82) is 0 Å².